The lowest BCUT2D eigenvalue weighted by molar-refractivity contribution is -0.134. The summed E-state index contributed by atoms with van der Waals surface area (Å²) in [6.07, 6.45) is 5.86. The van der Waals surface area contributed by atoms with Crippen molar-refractivity contribution >= 4 is 17.5 Å². The highest BCUT2D eigenvalue weighted by molar-refractivity contribution is 6.30. The Bertz CT molecular complexity index is 400. The summed E-state index contributed by atoms with van der Waals surface area (Å²) in [5.41, 5.74) is 0. The Kier molecular flexibility index (Phi) is 3.72. The molecule has 5 heteroatoms. The Morgan fingerprint density at radius 2 is 2.41 bits per heavy atom. The lowest BCUT2D eigenvalue weighted by atomic mass is 10.1. The van der Waals surface area contributed by atoms with E-state index in [9.17, 15) is 4.79 Å². The summed E-state index contributed by atoms with van der Waals surface area (Å²) in [5, 5.41) is 4.69. The molecule has 1 fully saturated rings. The van der Waals surface area contributed by atoms with Crippen molar-refractivity contribution in [1.29, 1.82) is 0 Å². The fourth-order valence-corrected chi connectivity index (χ4v) is 2.11. The molecule has 1 aromatic heterocycles. The van der Waals surface area contributed by atoms with Crippen LogP contribution in [0.15, 0.2) is 12.4 Å². The van der Waals surface area contributed by atoms with Crippen molar-refractivity contribution in [2.45, 2.75) is 26.3 Å². The zero-order valence-corrected chi connectivity index (χ0v) is 11.0. The van der Waals surface area contributed by atoms with E-state index in [-0.39, 0.29) is 11.8 Å². The van der Waals surface area contributed by atoms with Crippen molar-refractivity contribution in [1.82, 2.24) is 14.7 Å². The zero-order chi connectivity index (χ0) is 12.4. The van der Waals surface area contributed by atoms with Crippen LogP contribution in [0.3, 0.4) is 0 Å². The van der Waals surface area contributed by atoms with Crippen LogP contribution in [-0.2, 0) is 11.3 Å². The van der Waals surface area contributed by atoms with Gasteiger partial charge in [0, 0.05) is 19.8 Å². The largest absolute Gasteiger partial charge is 0.345 e. The van der Waals surface area contributed by atoms with Crippen LogP contribution in [0.2, 0.25) is 5.02 Å². The van der Waals surface area contributed by atoms with Crippen LogP contribution in [0.1, 0.15) is 19.8 Å². The summed E-state index contributed by atoms with van der Waals surface area (Å²) in [6, 6.07) is 0. The molecule has 0 aromatic carbocycles. The van der Waals surface area contributed by atoms with Gasteiger partial charge in [0.15, 0.2) is 0 Å². The number of carbonyl (C=O) groups is 1. The molecule has 1 unspecified atom stereocenters. The Morgan fingerprint density at radius 1 is 1.71 bits per heavy atom. The highest BCUT2D eigenvalue weighted by Gasteiger charge is 2.26. The minimum atomic E-state index is -0.0604. The molecule has 0 aliphatic heterocycles. The average molecular weight is 256 g/mol. The SMILES string of the molecule is CC(Cn1cc(Cl)cn1)C(=O)N(C)CC1CC1. The molecule has 1 aromatic rings. The van der Waals surface area contributed by atoms with Gasteiger partial charge in [-0.25, -0.2) is 0 Å². The molecule has 1 aliphatic carbocycles. The quantitative estimate of drug-likeness (QED) is 0.808. The van der Waals surface area contributed by atoms with E-state index in [0.717, 1.165) is 12.5 Å². The van der Waals surface area contributed by atoms with Gasteiger partial charge in [-0.15, -0.1) is 0 Å². The highest BCUT2D eigenvalue weighted by Crippen LogP contribution is 2.29. The lowest BCUT2D eigenvalue weighted by Crippen LogP contribution is -2.35. The molecule has 0 N–H and O–H groups in total. The van der Waals surface area contributed by atoms with Crippen LogP contribution < -0.4 is 0 Å². The molecule has 0 radical (unpaired) electrons. The van der Waals surface area contributed by atoms with Crippen molar-refractivity contribution in [2.75, 3.05) is 13.6 Å². The first kappa shape index (κ1) is 12.4. The first-order chi connectivity index (χ1) is 8.06. The molecule has 0 spiro atoms. The second-order valence-corrected chi connectivity index (χ2v) is 5.38. The topological polar surface area (TPSA) is 38.1 Å². The van der Waals surface area contributed by atoms with E-state index in [1.165, 1.54) is 12.8 Å². The first-order valence-electron chi connectivity index (χ1n) is 5.99. The van der Waals surface area contributed by atoms with E-state index in [0.29, 0.717) is 11.6 Å². The van der Waals surface area contributed by atoms with Gasteiger partial charge in [-0.3, -0.25) is 9.48 Å². The minimum Gasteiger partial charge on any atom is -0.345 e. The van der Waals surface area contributed by atoms with E-state index in [4.69, 9.17) is 11.6 Å². The number of nitrogens with zero attached hydrogens (tertiary/aromatic N) is 3. The van der Waals surface area contributed by atoms with E-state index in [1.807, 2.05) is 18.9 Å². The zero-order valence-electron chi connectivity index (χ0n) is 10.3. The molecule has 1 atom stereocenters. The number of hydrogen-bond acceptors (Lipinski definition) is 2. The Hall–Kier alpha value is -1.03. The highest BCUT2D eigenvalue weighted by atomic mass is 35.5. The summed E-state index contributed by atoms with van der Waals surface area (Å²) in [6.45, 7) is 3.41. The van der Waals surface area contributed by atoms with Crippen molar-refractivity contribution in [3.63, 3.8) is 0 Å². The van der Waals surface area contributed by atoms with Crippen molar-refractivity contribution < 1.29 is 4.79 Å². The fraction of sp³-hybridized carbons (Fsp3) is 0.667. The predicted molar refractivity (Wildman–Crippen MR) is 66.8 cm³/mol. The number of halogens is 1. The van der Waals surface area contributed by atoms with E-state index in [2.05, 4.69) is 5.10 Å². The second kappa shape index (κ2) is 5.08. The Balaban J connectivity index is 1.85. The lowest BCUT2D eigenvalue weighted by Gasteiger charge is -2.21. The summed E-state index contributed by atoms with van der Waals surface area (Å²) in [7, 11) is 1.88. The molecule has 0 saturated heterocycles. The Morgan fingerprint density at radius 3 is 2.94 bits per heavy atom. The second-order valence-electron chi connectivity index (χ2n) is 4.94. The number of hydrogen-bond donors (Lipinski definition) is 0. The number of amides is 1. The van der Waals surface area contributed by atoms with Crippen LogP contribution in [0.5, 0.6) is 0 Å². The molecule has 1 amide bonds. The van der Waals surface area contributed by atoms with Gasteiger partial charge in [-0.1, -0.05) is 18.5 Å². The van der Waals surface area contributed by atoms with Crippen LogP contribution in [0.4, 0.5) is 0 Å². The van der Waals surface area contributed by atoms with Crippen LogP contribution >= 0.6 is 11.6 Å². The molecule has 2 rings (SSSR count). The van der Waals surface area contributed by atoms with E-state index < -0.39 is 0 Å². The molecule has 4 nitrogen and oxygen atoms in total. The van der Waals surface area contributed by atoms with Crippen LogP contribution in [-0.4, -0.2) is 34.2 Å². The molecule has 94 valence electrons. The maximum Gasteiger partial charge on any atom is 0.227 e. The molecular weight excluding hydrogens is 238 g/mol. The number of carbonyl (C=O) groups excluding carboxylic acids is 1. The Labute approximate surface area is 107 Å². The summed E-state index contributed by atoms with van der Waals surface area (Å²) >= 11 is 5.78. The summed E-state index contributed by atoms with van der Waals surface area (Å²) in [5.74, 6) is 0.855. The summed E-state index contributed by atoms with van der Waals surface area (Å²) in [4.78, 5) is 13.9. The predicted octanol–water partition coefficient (Wildman–Crippen LogP) is 2.04. The van der Waals surface area contributed by atoms with Crippen LogP contribution in [0.25, 0.3) is 0 Å². The van der Waals surface area contributed by atoms with Crippen molar-refractivity contribution in [2.24, 2.45) is 11.8 Å². The van der Waals surface area contributed by atoms with E-state index >= 15 is 0 Å². The molecule has 1 saturated carbocycles. The standard InChI is InChI=1S/C12H18ClN3O/c1-9(6-16-8-11(13)5-14-16)12(17)15(2)7-10-3-4-10/h5,8-10H,3-4,6-7H2,1-2H3. The smallest absolute Gasteiger partial charge is 0.227 e. The third kappa shape index (κ3) is 3.46. The fourth-order valence-electron chi connectivity index (χ4n) is 1.95. The normalized spacial score (nSPS) is 16.9. The van der Waals surface area contributed by atoms with E-state index in [1.54, 1.807) is 17.1 Å². The van der Waals surface area contributed by atoms with Gasteiger partial charge in [-0.2, -0.15) is 5.10 Å². The van der Waals surface area contributed by atoms with Gasteiger partial charge in [0.05, 0.1) is 23.7 Å². The van der Waals surface area contributed by atoms with Gasteiger partial charge in [-0.05, 0) is 18.8 Å². The number of aromatic nitrogens is 2. The first-order valence-corrected chi connectivity index (χ1v) is 6.37. The monoisotopic (exact) mass is 255 g/mol. The van der Waals surface area contributed by atoms with Gasteiger partial charge in [0.25, 0.3) is 0 Å². The maximum absolute atomic E-state index is 12.1. The van der Waals surface area contributed by atoms with Gasteiger partial charge >= 0.3 is 0 Å². The summed E-state index contributed by atoms with van der Waals surface area (Å²) < 4.78 is 1.72. The average Bonchev–Trinajstić information content (AvgIpc) is 3.00. The third-order valence-corrected chi connectivity index (χ3v) is 3.28. The van der Waals surface area contributed by atoms with Gasteiger partial charge in [0.2, 0.25) is 5.91 Å². The maximum atomic E-state index is 12.1. The van der Waals surface area contributed by atoms with Crippen molar-refractivity contribution in [3.05, 3.63) is 17.4 Å². The molecule has 0 bridgehead atoms. The third-order valence-electron chi connectivity index (χ3n) is 3.09. The molecule has 1 heterocycles. The molecule has 17 heavy (non-hydrogen) atoms. The van der Waals surface area contributed by atoms with Gasteiger partial charge in [0.1, 0.15) is 0 Å². The minimum absolute atomic E-state index is 0.0604. The number of rotatable bonds is 5. The van der Waals surface area contributed by atoms with Crippen molar-refractivity contribution in [3.8, 4) is 0 Å². The molecule has 1 aliphatic rings. The molecular formula is C12H18ClN3O. The van der Waals surface area contributed by atoms with Gasteiger partial charge < -0.3 is 4.90 Å². The van der Waals surface area contributed by atoms with Crippen LogP contribution in [0, 0.1) is 11.8 Å².